The smallest absolute Gasteiger partial charge is 0.475 e. The second kappa shape index (κ2) is 8.01. The Bertz CT molecular complexity index is 1040. The van der Waals surface area contributed by atoms with Crippen LogP contribution in [0.5, 0.6) is 0 Å². The van der Waals surface area contributed by atoms with Gasteiger partial charge >= 0.3 is 12.1 Å². The highest BCUT2D eigenvalue weighted by atomic mass is 19.4. The normalized spacial score (nSPS) is 17.5. The van der Waals surface area contributed by atoms with Gasteiger partial charge in [-0.05, 0) is 17.7 Å². The monoisotopic (exact) mass is 431 g/mol. The Labute approximate surface area is 167 Å². The number of carbonyl (C=O) groups is 1. The molecule has 162 valence electrons. The second-order valence-corrected chi connectivity index (χ2v) is 6.89. The zero-order valence-corrected chi connectivity index (χ0v) is 15.7. The fourth-order valence-electron chi connectivity index (χ4n) is 2.77. The number of nitrogens with one attached hydrogen (secondary N) is 1. The van der Waals surface area contributed by atoms with Crippen LogP contribution < -0.4 is 5.32 Å². The summed E-state index contributed by atoms with van der Waals surface area (Å²) < 4.78 is 61.1. The molecule has 2 aromatic heterocycles. The molecule has 1 unspecified atom stereocenters. The summed E-state index contributed by atoms with van der Waals surface area (Å²) in [6.45, 7) is 1.29. The number of hydrogen-bond acceptors (Lipinski definition) is 4. The Balaban J connectivity index is 0.000000318. The van der Waals surface area contributed by atoms with Gasteiger partial charge < -0.3 is 15.0 Å². The average Bonchev–Trinajstić information content (AvgIpc) is 2.99. The first-order chi connectivity index (χ1) is 14.0. The molecule has 0 amide bonds. The van der Waals surface area contributed by atoms with Gasteiger partial charge in [-0.15, -0.1) is 0 Å². The number of rotatable bonds is 5. The number of halogens is 5. The van der Waals surface area contributed by atoms with E-state index >= 15 is 0 Å². The maximum atomic E-state index is 13.0. The molecular formula is C18H18F5N5O2. The van der Waals surface area contributed by atoms with E-state index in [0.717, 1.165) is 22.2 Å². The van der Waals surface area contributed by atoms with Gasteiger partial charge in [-0.25, -0.2) is 18.6 Å². The summed E-state index contributed by atoms with van der Waals surface area (Å²) in [6.07, 6.45) is -0.0561. The molecule has 12 heteroatoms. The Hall–Kier alpha value is -3.02. The number of fused-ring (bicyclic) bond motifs is 1. The predicted molar refractivity (Wildman–Crippen MR) is 95.8 cm³/mol. The van der Waals surface area contributed by atoms with Crippen LogP contribution in [0.2, 0.25) is 0 Å². The molecule has 0 saturated heterocycles. The Morgan fingerprint density at radius 3 is 2.53 bits per heavy atom. The third kappa shape index (κ3) is 5.12. The number of aryl methyl sites for hydroxylation is 1. The highest BCUT2D eigenvalue weighted by molar-refractivity contribution is 5.75. The molecule has 2 N–H and O–H groups in total. The highest BCUT2D eigenvalue weighted by Gasteiger charge is 2.59. The largest absolute Gasteiger partial charge is 0.490 e. The van der Waals surface area contributed by atoms with Crippen molar-refractivity contribution in [2.45, 2.75) is 37.7 Å². The number of carboxylic acids is 1. The van der Waals surface area contributed by atoms with Gasteiger partial charge in [-0.1, -0.05) is 6.07 Å². The van der Waals surface area contributed by atoms with Crippen molar-refractivity contribution in [2.24, 2.45) is 7.05 Å². The number of alkyl halides is 5. The lowest BCUT2D eigenvalue weighted by Gasteiger charge is -2.04. The first kappa shape index (κ1) is 21.7. The summed E-state index contributed by atoms with van der Waals surface area (Å²) in [5.41, 5.74) is 4.11. The van der Waals surface area contributed by atoms with Gasteiger partial charge in [-0.3, -0.25) is 4.68 Å². The highest BCUT2D eigenvalue weighted by Crippen LogP contribution is 2.52. The Morgan fingerprint density at radius 1 is 1.30 bits per heavy atom. The number of imidazole rings is 1. The van der Waals surface area contributed by atoms with E-state index in [1.54, 1.807) is 18.7 Å². The van der Waals surface area contributed by atoms with Crippen molar-refractivity contribution in [2.75, 3.05) is 0 Å². The third-order valence-electron chi connectivity index (χ3n) is 4.46. The van der Waals surface area contributed by atoms with E-state index in [1.807, 2.05) is 17.7 Å². The molecular weight excluding hydrogens is 413 g/mol. The van der Waals surface area contributed by atoms with E-state index in [-0.39, 0.29) is 6.42 Å². The molecule has 0 spiro atoms. The molecule has 30 heavy (non-hydrogen) atoms. The number of aromatic nitrogens is 4. The van der Waals surface area contributed by atoms with Crippen molar-refractivity contribution in [1.29, 1.82) is 0 Å². The molecule has 7 nitrogen and oxygen atoms in total. The van der Waals surface area contributed by atoms with Crippen LogP contribution in [0.25, 0.3) is 11.0 Å². The molecule has 1 aliphatic rings. The lowest BCUT2D eigenvalue weighted by molar-refractivity contribution is -0.192. The van der Waals surface area contributed by atoms with E-state index in [2.05, 4.69) is 27.5 Å². The fourth-order valence-corrected chi connectivity index (χ4v) is 2.77. The third-order valence-corrected chi connectivity index (χ3v) is 4.46. The van der Waals surface area contributed by atoms with Gasteiger partial charge in [-0.2, -0.15) is 18.3 Å². The quantitative estimate of drug-likeness (QED) is 0.606. The van der Waals surface area contributed by atoms with E-state index in [9.17, 15) is 22.0 Å². The summed E-state index contributed by atoms with van der Waals surface area (Å²) >= 11 is 0. The molecule has 1 saturated carbocycles. The van der Waals surface area contributed by atoms with E-state index in [1.165, 1.54) is 4.68 Å². The van der Waals surface area contributed by atoms with Crippen molar-refractivity contribution in [3.8, 4) is 0 Å². The second-order valence-electron chi connectivity index (χ2n) is 6.89. The van der Waals surface area contributed by atoms with Crippen LogP contribution in [-0.4, -0.2) is 42.5 Å². The van der Waals surface area contributed by atoms with E-state index < -0.39 is 24.1 Å². The van der Waals surface area contributed by atoms with Crippen LogP contribution in [-0.2, 0) is 24.9 Å². The molecule has 2 heterocycles. The van der Waals surface area contributed by atoms with Crippen LogP contribution in [0.4, 0.5) is 22.0 Å². The van der Waals surface area contributed by atoms with E-state index in [4.69, 9.17) is 9.90 Å². The predicted octanol–water partition coefficient (Wildman–Crippen LogP) is 3.27. The topological polar surface area (TPSA) is 85.0 Å². The van der Waals surface area contributed by atoms with Crippen molar-refractivity contribution in [3.05, 3.63) is 48.0 Å². The van der Waals surface area contributed by atoms with Gasteiger partial charge in [0.25, 0.3) is 5.92 Å². The minimum absolute atomic E-state index is 0.106. The Kier molecular flexibility index (Phi) is 5.79. The van der Waals surface area contributed by atoms with Crippen molar-refractivity contribution < 1.29 is 31.9 Å². The zero-order chi connectivity index (χ0) is 22.1. The van der Waals surface area contributed by atoms with Gasteiger partial charge in [0.1, 0.15) is 6.04 Å². The minimum Gasteiger partial charge on any atom is -0.475 e. The zero-order valence-electron chi connectivity index (χ0n) is 15.7. The lowest BCUT2D eigenvalue weighted by Crippen LogP contribution is -2.21. The summed E-state index contributed by atoms with van der Waals surface area (Å²) in [6, 6.07) is 5.40. The van der Waals surface area contributed by atoms with Crippen molar-refractivity contribution in [3.63, 3.8) is 0 Å². The molecule has 1 aliphatic carbocycles. The molecule has 0 bridgehead atoms. The van der Waals surface area contributed by atoms with Crippen molar-refractivity contribution in [1.82, 2.24) is 24.6 Å². The fraction of sp³-hybridized carbons (Fsp3) is 0.389. The number of nitrogens with zero attached hydrogens (tertiary/aromatic N) is 4. The van der Waals surface area contributed by atoms with Gasteiger partial charge in [0.2, 0.25) is 0 Å². The molecule has 3 aromatic rings. The molecule has 1 fully saturated rings. The molecule has 1 atom stereocenters. The summed E-state index contributed by atoms with van der Waals surface area (Å²) in [4.78, 5) is 13.2. The van der Waals surface area contributed by atoms with Crippen LogP contribution in [0, 0.1) is 0 Å². The van der Waals surface area contributed by atoms with Crippen LogP contribution in [0.15, 0.2) is 36.9 Å². The van der Waals surface area contributed by atoms with E-state index in [0.29, 0.717) is 13.1 Å². The van der Waals surface area contributed by atoms with Crippen LogP contribution in [0.1, 0.15) is 23.6 Å². The minimum atomic E-state index is -5.08. The molecule has 1 aromatic carbocycles. The number of carboxylic acid groups (broad SMARTS) is 1. The summed E-state index contributed by atoms with van der Waals surface area (Å²) in [7, 11) is 1.97. The first-order valence-corrected chi connectivity index (χ1v) is 8.79. The van der Waals surface area contributed by atoms with Crippen LogP contribution in [0.3, 0.4) is 0 Å². The van der Waals surface area contributed by atoms with Gasteiger partial charge in [0.15, 0.2) is 0 Å². The summed E-state index contributed by atoms with van der Waals surface area (Å²) in [5.74, 6) is -5.35. The number of aliphatic carboxylic acids is 1. The first-order valence-electron chi connectivity index (χ1n) is 8.79. The standard InChI is InChI=1S/C16H17F2N5.C2HF3O2/c1-22-10-20-13-4-11(2-3-14(13)22)6-19-7-12-8-21-23(9-12)15-5-16(15,17)18;3-2(4,5)1(6)7/h2-4,8-10,15,19H,5-7H2,1H3;(H,6,7). The maximum absolute atomic E-state index is 13.0. The molecule has 0 radical (unpaired) electrons. The number of hydrogen-bond donors (Lipinski definition) is 2. The van der Waals surface area contributed by atoms with Crippen LogP contribution >= 0.6 is 0 Å². The molecule has 4 rings (SSSR count). The van der Waals surface area contributed by atoms with Crippen molar-refractivity contribution >= 4 is 17.0 Å². The Morgan fingerprint density at radius 2 is 1.93 bits per heavy atom. The van der Waals surface area contributed by atoms with Gasteiger partial charge in [0, 0.05) is 38.3 Å². The number of benzene rings is 1. The lowest BCUT2D eigenvalue weighted by atomic mass is 10.2. The summed E-state index contributed by atoms with van der Waals surface area (Å²) in [5, 5.41) is 14.5. The molecule has 0 aliphatic heterocycles. The maximum Gasteiger partial charge on any atom is 0.490 e. The SMILES string of the molecule is Cn1cnc2cc(CNCc3cnn(C4CC4(F)F)c3)ccc21.O=C(O)C(F)(F)F. The average molecular weight is 431 g/mol. The van der Waals surface area contributed by atoms with Gasteiger partial charge in [0.05, 0.1) is 23.6 Å².